The van der Waals surface area contributed by atoms with Gasteiger partial charge in [-0.3, -0.25) is 4.79 Å². The molecular formula is C14H18BrNO4. The standard InChI is InChI=1S/C14H18BrNO4/c1-18-8-9-20-13-3-2-11(15)10-12(13)14(17)16-4-6-19-7-5-16/h2-3,10H,4-9H2,1H3. The van der Waals surface area contributed by atoms with Gasteiger partial charge < -0.3 is 19.1 Å². The molecule has 1 aromatic rings. The van der Waals surface area contributed by atoms with Crippen molar-refractivity contribution in [2.45, 2.75) is 0 Å². The summed E-state index contributed by atoms with van der Waals surface area (Å²) in [6.07, 6.45) is 0. The maximum absolute atomic E-state index is 12.5. The summed E-state index contributed by atoms with van der Waals surface area (Å²) in [5, 5.41) is 0. The maximum atomic E-state index is 12.5. The summed E-state index contributed by atoms with van der Waals surface area (Å²) in [5.74, 6) is 0.559. The lowest BCUT2D eigenvalue weighted by molar-refractivity contribution is 0.0299. The fourth-order valence-electron chi connectivity index (χ4n) is 1.97. The predicted octanol–water partition coefficient (Wildman–Crippen LogP) is 1.95. The zero-order valence-electron chi connectivity index (χ0n) is 11.4. The number of carbonyl (C=O) groups excluding carboxylic acids is 1. The molecule has 1 aromatic carbocycles. The average molecular weight is 344 g/mol. The first-order valence-corrected chi connectivity index (χ1v) is 7.30. The van der Waals surface area contributed by atoms with Gasteiger partial charge in [0.2, 0.25) is 0 Å². The molecule has 0 spiro atoms. The van der Waals surface area contributed by atoms with Crippen LogP contribution in [0.15, 0.2) is 22.7 Å². The maximum Gasteiger partial charge on any atom is 0.257 e. The minimum Gasteiger partial charge on any atom is -0.490 e. The molecule has 1 fully saturated rings. The highest BCUT2D eigenvalue weighted by atomic mass is 79.9. The Morgan fingerprint density at radius 1 is 1.35 bits per heavy atom. The van der Waals surface area contributed by atoms with Crippen LogP contribution in [0.2, 0.25) is 0 Å². The summed E-state index contributed by atoms with van der Waals surface area (Å²) in [5.41, 5.74) is 0.567. The summed E-state index contributed by atoms with van der Waals surface area (Å²) < 4.78 is 16.7. The lowest BCUT2D eigenvalue weighted by atomic mass is 10.1. The van der Waals surface area contributed by atoms with E-state index in [0.717, 1.165) is 4.47 Å². The molecule has 1 amide bonds. The first kappa shape index (κ1) is 15.3. The summed E-state index contributed by atoms with van der Waals surface area (Å²) >= 11 is 3.39. The van der Waals surface area contributed by atoms with Crippen LogP contribution in [0.5, 0.6) is 5.75 Å². The summed E-state index contributed by atoms with van der Waals surface area (Å²) in [7, 11) is 1.62. The molecule has 1 saturated heterocycles. The molecule has 0 atom stereocenters. The fraction of sp³-hybridized carbons (Fsp3) is 0.500. The quantitative estimate of drug-likeness (QED) is 0.766. The van der Waals surface area contributed by atoms with Gasteiger partial charge in [-0.15, -0.1) is 0 Å². The molecule has 1 aliphatic heterocycles. The SMILES string of the molecule is COCCOc1ccc(Br)cc1C(=O)N1CCOCC1. The van der Waals surface area contributed by atoms with Crippen LogP contribution >= 0.6 is 15.9 Å². The Bertz CT molecular complexity index is 460. The number of morpholine rings is 1. The Morgan fingerprint density at radius 3 is 2.80 bits per heavy atom. The number of amides is 1. The topological polar surface area (TPSA) is 48.0 Å². The monoisotopic (exact) mass is 343 g/mol. The largest absolute Gasteiger partial charge is 0.490 e. The highest BCUT2D eigenvalue weighted by Crippen LogP contribution is 2.25. The van der Waals surface area contributed by atoms with Crippen molar-refractivity contribution in [1.29, 1.82) is 0 Å². The van der Waals surface area contributed by atoms with Crippen molar-refractivity contribution in [3.63, 3.8) is 0 Å². The van der Waals surface area contributed by atoms with Crippen LogP contribution in [0.1, 0.15) is 10.4 Å². The van der Waals surface area contributed by atoms with Crippen molar-refractivity contribution in [3.8, 4) is 5.75 Å². The van der Waals surface area contributed by atoms with Crippen molar-refractivity contribution >= 4 is 21.8 Å². The minimum atomic E-state index is -0.0259. The molecule has 0 radical (unpaired) electrons. The first-order chi connectivity index (χ1) is 9.72. The van der Waals surface area contributed by atoms with Gasteiger partial charge in [0, 0.05) is 24.7 Å². The molecule has 6 heteroatoms. The Balaban J connectivity index is 2.14. The molecule has 0 saturated carbocycles. The van der Waals surface area contributed by atoms with Crippen LogP contribution < -0.4 is 4.74 Å². The Hall–Kier alpha value is -1.11. The molecule has 110 valence electrons. The van der Waals surface area contributed by atoms with Gasteiger partial charge in [0.15, 0.2) is 0 Å². The van der Waals surface area contributed by atoms with Crippen LogP contribution in [0, 0.1) is 0 Å². The van der Waals surface area contributed by atoms with Crippen molar-refractivity contribution < 1.29 is 19.0 Å². The summed E-state index contributed by atoms with van der Waals surface area (Å²) in [6.45, 7) is 3.30. The number of methoxy groups -OCH3 is 1. The van der Waals surface area contributed by atoms with E-state index in [1.807, 2.05) is 6.07 Å². The van der Waals surface area contributed by atoms with Crippen molar-refractivity contribution in [2.24, 2.45) is 0 Å². The minimum absolute atomic E-state index is 0.0259. The smallest absolute Gasteiger partial charge is 0.257 e. The number of hydrogen-bond donors (Lipinski definition) is 0. The summed E-state index contributed by atoms with van der Waals surface area (Å²) in [6, 6.07) is 5.45. The van der Waals surface area contributed by atoms with E-state index in [9.17, 15) is 4.79 Å². The van der Waals surface area contributed by atoms with Crippen LogP contribution in [0.25, 0.3) is 0 Å². The number of halogens is 1. The second-order valence-electron chi connectivity index (χ2n) is 4.39. The summed E-state index contributed by atoms with van der Waals surface area (Å²) in [4.78, 5) is 14.3. The van der Waals surface area contributed by atoms with E-state index >= 15 is 0 Å². The van der Waals surface area contributed by atoms with Gasteiger partial charge in [0.1, 0.15) is 12.4 Å². The van der Waals surface area contributed by atoms with E-state index in [2.05, 4.69) is 15.9 Å². The van der Waals surface area contributed by atoms with Crippen LogP contribution in [-0.4, -0.2) is 57.4 Å². The van der Waals surface area contributed by atoms with E-state index in [-0.39, 0.29) is 5.91 Å². The van der Waals surface area contributed by atoms with Crippen molar-refractivity contribution in [1.82, 2.24) is 4.90 Å². The molecule has 1 heterocycles. The van der Waals surface area contributed by atoms with Crippen molar-refractivity contribution in [3.05, 3.63) is 28.2 Å². The first-order valence-electron chi connectivity index (χ1n) is 6.50. The second-order valence-corrected chi connectivity index (χ2v) is 5.30. The van der Waals surface area contributed by atoms with Crippen LogP contribution in [-0.2, 0) is 9.47 Å². The number of rotatable bonds is 5. The highest BCUT2D eigenvalue weighted by molar-refractivity contribution is 9.10. The third-order valence-corrected chi connectivity index (χ3v) is 3.51. The number of ether oxygens (including phenoxy) is 3. The van der Waals surface area contributed by atoms with E-state index in [0.29, 0.717) is 50.8 Å². The molecule has 0 bridgehead atoms. The Morgan fingerprint density at radius 2 is 2.10 bits per heavy atom. The zero-order valence-corrected chi connectivity index (χ0v) is 13.0. The third-order valence-electron chi connectivity index (χ3n) is 3.02. The van der Waals surface area contributed by atoms with E-state index in [4.69, 9.17) is 14.2 Å². The van der Waals surface area contributed by atoms with Gasteiger partial charge in [-0.25, -0.2) is 0 Å². The molecular weight excluding hydrogens is 326 g/mol. The van der Waals surface area contributed by atoms with Crippen molar-refractivity contribution in [2.75, 3.05) is 46.6 Å². The molecule has 0 unspecified atom stereocenters. The number of hydrogen-bond acceptors (Lipinski definition) is 4. The number of carbonyl (C=O) groups is 1. The van der Waals surface area contributed by atoms with Gasteiger partial charge in [-0.2, -0.15) is 0 Å². The zero-order chi connectivity index (χ0) is 14.4. The van der Waals surface area contributed by atoms with Gasteiger partial charge in [-0.1, -0.05) is 15.9 Å². The van der Waals surface area contributed by atoms with E-state index < -0.39 is 0 Å². The fourth-order valence-corrected chi connectivity index (χ4v) is 2.33. The molecule has 5 nitrogen and oxygen atoms in total. The number of benzene rings is 1. The lowest BCUT2D eigenvalue weighted by Crippen LogP contribution is -2.40. The molecule has 2 rings (SSSR count). The number of nitrogens with zero attached hydrogens (tertiary/aromatic N) is 1. The predicted molar refractivity (Wildman–Crippen MR) is 78.2 cm³/mol. The van der Waals surface area contributed by atoms with Gasteiger partial charge in [-0.05, 0) is 18.2 Å². The molecule has 0 aliphatic carbocycles. The van der Waals surface area contributed by atoms with Gasteiger partial charge in [0.25, 0.3) is 5.91 Å². The third kappa shape index (κ3) is 3.94. The van der Waals surface area contributed by atoms with Gasteiger partial charge >= 0.3 is 0 Å². The second kappa shape index (κ2) is 7.61. The van der Waals surface area contributed by atoms with Crippen LogP contribution in [0.3, 0.4) is 0 Å². The molecule has 0 N–H and O–H groups in total. The van der Waals surface area contributed by atoms with Gasteiger partial charge in [0.05, 0.1) is 25.4 Å². The van der Waals surface area contributed by atoms with E-state index in [1.165, 1.54) is 0 Å². The molecule has 0 aromatic heterocycles. The van der Waals surface area contributed by atoms with Crippen LogP contribution in [0.4, 0.5) is 0 Å². The molecule has 1 aliphatic rings. The Kier molecular flexibility index (Phi) is 5.82. The highest BCUT2D eigenvalue weighted by Gasteiger charge is 2.22. The normalized spacial score (nSPS) is 15.2. The average Bonchev–Trinajstić information content (AvgIpc) is 2.49. The van der Waals surface area contributed by atoms with E-state index in [1.54, 1.807) is 24.1 Å². The lowest BCUT2D eigenvalue weighted by Gasteiger charge is -2.27. The molecule has 20 heavy (non-hydrogen) atoms. The Labute approximate surface area is 126 Å².